The number of aryl methyl sites for hydroxylation is 1. The van der Waals surface area contributed by atoms with E-state index in [4.69, 9.17) is 4.74 Å². The van der Waals surface area contributed by atoms with Crippen molar-refractivity contribution in [2.24, 2.45) is 7.05 Å². The van der Waals surface area contributed by atoms with Gasteiger partial charge >= 0.3 is 0 Å². The van der Waals surface area contributed by atoms with Crippen LogP contribution in [0.4, 0.5) is 0 Å². The summed E-state index contributed by atoms with van der Waals surface area (Å²) in [4.78, 5) is 0. The van der Waals surface area contributed by atoms with Gasteiger partial charge in [-0.25, -0.2) is 0 Å². The molecule has 18 heavy (non-hydrogen) atoms. The minimum atomic E-state index is 0.664. The molecule has 0 bridgehead atoms. The molecule has 3 rings (SSSR count). The predicted octanol–water partition coefficient (Wildman–Crippen LogP) is 1.78. The number of nitrogens with zero attached hydrogens (tertiary/aromatic N) is 2. The van der Waals surface area contributed by atoms with Crippen molar-refractivity contribution in [3.8, 4) is 0 Å². The van der Waals surface area contributed by atoms with Gasteiger partial charge in [0.25, 0.3) is 0 Å². The first-order chi connectivity index (χ1) is 8.86. The van der Waals surface area contributed by atoms with Gasteiger partial charge in [-0.05, 0) is 50.3 Å². The highest BCUT2D eigenvalue weighted by molar-refractivity contribution is 5.27. The fourth-order valence-electron chi connectivity index (χ4n) is 3.38. The van der Waals surface area contributed by atoms with E-state index in [0.29, 0.717) is 11.8 Å². The highest BCUT2D eigenvalue weighted by Crippen LogP contribution is 2.35. The Labute approximate surface area is 109 Å². The van der Waals surface area contributed by atoms with Gasteiger partial charge in [-0.15, -0.1) is 0 Å². The Kier molecular flexibility index (Phi) is 3.66. The molecule has 2 saturated heterocycles. The third-order valence-corrected chi connectivity index (χ3v) is 4.40. The molecule has 0 spiro atoms. The van der Waals surface area contributed by atoms with Crippen molar-refractivity contribution < 1.29 is 4.74 Å². The van der Waals surface area contributed by atoms with Gasteiger partial charge in [-0.2, -0.15) is 5.10 Å². The molecule has 2 fully saturated rings. The maximum atomic E-state index is 5.48. The van der Waals surface area contributed by atoms with E-state index in [2.05, 4.69) is 28.3 Å². The molecular weight excluding hydrogens is 226 g/mol. The molecule has 0 saturated carbocycles. The first-order valence-electron chi connectivity index (χ1n) is 7.16. The highest BCUT2D eigenvalue weighted by atomic mass is 16.5. The molecule has 4 heteroatoms. The number of hydrogen-bond acceptors (Lipinski definition) is 3. The fourth-order valence-corrected chi connectivity index (χ4v) is 3.38. The van der Waals surface area contributed by atoms with Gasteiger partial charge in [-0.3, -0.25) is 4.68 Å². The third-order valence-electron chi connectivity index (χ3n) is 4.40. The predicted molar refractivity (Wildman–Crippen MR) is 70.8 cm³/mol. The summed E-state index contributed by atoms with van der Waals surface area (Å²) < 4.78 is 7.59. The summed E-state index contributed by atoms with van der Waals surface area (Å²) in [5, 5.41) is 7.97. The van der Waals surface area contributed by atoms with E-state index in [1.165, 1.54) is 24.1 Å². The van der Waals surface area contributed by atoms with E-state index < -0.39 is 0 Å². The van der Waals surface area contributed by atoms with Crippen molar-refractivity contribution in [2.75, 3.05) is 26.3 Å². The molecule has 2 aliphatic rings. The lowest BCUT2D eigenvalue weighted by atomic mass is 9.85. The molecule has 0 aromatic carbocycles. The topological polar surface area (TPSA) is 39.1 Å². The summed E-state index contributed by atoms with van der Waals surface area (Å²) in [6.07, 6.45) is 6.91. The van der Waals surface area contributed by atoms with Gasteiger partial charge in [-0.1, -0.05) is 0 Å². The van der Waals surface area contributed by atoms with E-state index >= 15 is 0 Å². The van der Waals surface area contributed by atoms with Gasteiger partial charge < -0.3 is 10.1 Å². The van der Waals surface area contributed by atoms with Crippen LogP contribution in [-0.4, -0.2) is 36.1 Å². The molecule has 3 heterocycles. The van der Waals surface area contributed by atoms with E-state index in [1.807, 2.05) is 0 Å². The molecule has 1 aromatic heterocycles. The minimum absolute atomic E-state index is 0.664. The van der Waals surface area contributed by atoms with Crippen LogP contribution < -0.4 is 5.32 Å². The average Bonchev–Trinajstić information content (AvgIpc) is 2.83. The van der Waals surface area contributed by atoms with Crippen LogP contribution in [0.1, 0.15) is 48.8 Å². The molecule has 0 radical (unpaired) electrons. The SMILES string of the molecule is Cn1ncc(C2CCOCC2)c1C1CCNCC1. The molecule has 0 unspecified atom stereocenters. The number of rotatable bonds is 2. The Hall–Kier alpha value is -0.870. The minimum Gasteiger partial charge on any atom is -0.381 e. The molecule has 0 aliphatic carbocycles. The zero-order valence-electron chi connectivity index (χ0n) is 11.2. The largest absolute Gasteiger partial charge is 0.381 e. The monoisotopic (exact) mass is 249 g/mol. The molecule has 2 aliphatic heterocycles. The van der Waals surface area contributed by atoms with Crippen molar-refractivity contribution in [1.29, 1.82) is 0 Å². The summed E-state index contributed by atoms with van der Waals surface area (Å²) >= 11 is 0. The van der Waals surface area contributed by atoms with Crippen LogP contribution in [0.5, 0.6) is 0 Å². The number of piperidine rings is 1. The Morgan fingerprint density at radius 2 is 1.89 bits per heavy atom. The lowest BCUT2D eigenvalue weighted by Crippen LogP contribution is -2.28. The van der Waals surface area contributed by atoms with Crippen molar-refractivity contribution in [1.82, 2.24) is 15.1 Å². The molecule has 1 aromatic rings. The Morgan fingerprint density at radius 3 is 2.61 bits per heavy atom. The van der Waals surface area contributed by atoms with Gasteiger partial charge in [0.15, 0.2) is 0 Å². The van der Waals surface area contributed by atoms with Crippen molar-refractivity contribution in [2.45, 2.75) is 37.5 Å². The second-order valence-corrected chi connectivity index (χ2v) is 5.52. The van der Waals surface area contributed by atoms with E-state index in [-0.39, 0.29) is 0 Å². The second-order valence-electron chi connectivity index (χ2n) is 5.52. The van der Waals surface area contributed by atoms with Crippen molar-refractivity contribution in [3.05, 3.63) is 17.5 Å². The second kappa shape index (κ2) is 5.41. The Balaban J connectivity index is 1.85. The van der Waals surface area contributed by atoms with E-state index in [0.717, 1.165) is 39.1 Å². The van der Waals surface area contributed by atoms with Crippen LogP contribution >= 0.6 is 0 Å². The summed E-state index contributed by atoms with van der Waals surface area (Å²) in [5.41, 5.74) is 2.98. The lowest BCUT2D eigenvalue weighted by molar-refractivity contribution is 0.0850. The fraction of sp³-hybridized carbons (Fsp3) is 0.786. The molecule has 0 amide bonds. The summed E-state index contributed by atoms with van der Waals surface area (Å²) in [6.45, 7) is 4.10. The van der Waals surface area contributed by atoms with Crippen LogP contribution in [0.3, 0.4) is 0 Å². The van der Waals surface area contributed by atoms with Gasteiger partial charge in [0.2, 0.25) is 0 Å². The van der Waals surface area contributed by atoms with Gasteiger partial charge in [0.05, 0.1) is 6.20 Å². The lowest BCUT2D eigenvalue weighted by Gasteiger charge is -2.27. The molecule has 4 nitrogen and oxygen atoms in total. The van der Waals surface area contributed by atoms with Crippen LogP contribution in [0.2, 0.25) is 0 Å². The summed E-state index contributed by atoms with van der Waals surface area (Å²) in [6, 6.07) is 0. The smallest absolute Gasteiger partial charge is 0.0527 e. The number of ether oxygens (including phenoxy) is 1. The summed E-state index contributed by atoms with van der Waals surface area (Å²) in [5.74, 6) is 1.36. The third kappa shape index (κ3) is 2.31. The summed E-state index contributed by atoms with van der Waals surface area (Å²) in [7, 11) is 2.10. The van der Waals surface area contributed by atoms with Gasteiger partial charge in [0, 0.05) is 31.9 Å². The molecule has 100 valence electrons. The number of nitrogens with one attached hydrogen (secondary N) is 1. The van der Waals surface area contributed by atoms with E-state index in [9.17, 15) is 0 Å². The first kappa shape index (κ1) is 12.2. The average molecular weight is 249 g/mol. The standard InChI is InChI=1S/C14H23N3O/c1-17-14(12-2-6-15-7-3-12)13(10-16-17)11-4-8-18-9-5-11/h10-12,15H,2-9H2,1H3. The molecule has 0 atom stereocenters. The quantitative estimate of drug-likeness (QED) is 0.868. The highest BCUT2D eigenvalue weighted by Gasteiger charge is 2.27. The molecule has 1 N–H and O–H groups in total. The Morgan fingerprint density at radius 1 is 1.17 bits per heavy atom. The maximum Gasteiger partial charge on any atom is 0.0527 e. The van der Waals surface area contributed by atoms with Crippen molar-refractivity contribution >= 4 is 0 Å². The van der Waals surface area contributed by atoms with Crippen molar-refractivity contribution in [3.63, 3.8) is 0 Å². The van der Waals surface area contributed by atoms with Crippen LogP contribution in [0.25, 0.3) is 0 Å². The zero-order valence-corrected chi connectivity index (χ0v) is 11.2. The number of hydrogen-bond donors (Lipinski definition) is 1. The normalized spacial score (nSPS) is 23.4. The van der Waals surface area contributed by atoms with E-state index in [1.54, 1.807) is 0 Å². The molecular formula is C14H23N3O. The first-order valence-corrected chi connectivity index (χ1v) is 7.16. The Bertz CT molecular complexity index is 390. The van der Waals surface area contributed by atoms with Crippen LogP contribution in [0.15, 0.2) is 6.20 Å². The van der Waals surface area contributed by atoms with Crippen LogP contribution in [0, 0.1) is 0 Å². The zero-order chi connectivity index (χ0) is 12.4. The maximum absolute atomic E-state index is 5.48. The van der Waals surface area contributed by atoms with Gasteiger partial charge in [0.1, 0.15) is 0 Å². The number of aromatic nitrogens is 2. The van der Waals surface area contributed by atoms with Crippen LogP contribution in [-0.2, 0) is 11.8 Å².